The van der Waals surface area contributed by atoms with E-state index in [-0.39, 0.29) is 24.0 Å². The van der Waals surface area contributed by atoms with Crippen LogP contribution in [0.15, 0.2) is 36.5 Å². The Bertz CT molecular complexity index is 881. The number of urea groups is 1. The van der Waals surface area contributed by atoms with Gasteiger partial charge in [-0.15, -0.1) is 0 Å². The first kappa shape index (κ1) is 19.9. The summed E-state index contributed by atoms with van der Waals surface area (Å²) >= 11 is 0. The number of benzene rings is 1. The molecule has 1 atom stereocenters. The van der Waals surface area contributed by atoms with E-state index in [0.717, 1.165) is 11.8 Å². The first-order valence-corrected chi connectivity index (χ1v) is 9.19. The van der Waals surface area contributed by atoms with Gasteiger partial charge in [-0.3, -0.25) is 4.79 Å². The van der Waals surface area contributed by atoms with Gasteiger partial charge in [-0.25, -0.2) is 13.6 Å². The molecule has 28 heavy (non-hydrogen) atoms. The van der Waals surface area contributed by atoms with Crippen molar-refractivity contribution in [3.05, 3.63) is 59.4 Å². The number of carbonyl (C=O) groups excluding carboxylic acids is 2. The summed E-state index contributed by atoms with van der Waals surface area (Å²) in [4.78, 5) is 29.8. The fourth-order valence-electron chi connectivity index (χ4n) is 3.55. The minimum Gasteiger partial charge on any atom is -0.348 e. The van der Waals surface area contributed by atoms with E-state index in [1.54, 1.807) is 25.9 Å². The summed E-state index contributed by atoms with van der Waals surface area (Å²) in [6.45, 7) is 3.01. The van der Waals surface area contributed by atoms with Crippen LogP contribution in [0.25, 0.3) is 0 Å². The second-order valence-electron chi connectivity index (χ2n) is 6.97. The van der Waals surface area contributed by atoms with Gasteiger partial charge in [0, 0.05) is 57.3 Å². The zero-order valence-corrected chi connectivity index (χ0v) is 16.2. The van der Waals surface area contributed by atoms with E-state index in [1.807, 2.05) is 22.9 Å². The Morgan fingerprint density at radius 2 is 1.93 bits per heavy atom. The summed E-state index contributed by atoms with van der Waals surface area (Å²) in [5.41, 5.74) is 0.989. The van der Waals surface area contributed by atoms with E-state index in [9.17, 15) is 18.4 Å². The van der Waals surface area contributed by atoms with Crippen LogP contribution in [0, 0.1) is 11.6 Å². The molecule has 6 nitrogen and oxygen atoms in total. The number of amides is 3. The first-order valence-electron chi connectivity index (χ1n) is 9.19. The molecule has 0 saturated carbocycles. The lowest BCUT2D eigenvalue weighted by atomic mass is 9.99. The normalized spacial score (nSPS) is 15.9. The van der Waals surface area contributed by atoms with Crippen molar-refractivity contribution in [2.24, 2.45) is 0 Å². The number of rotatable bonds is 4. The SMILES string of the molecule is CCN(CC(=O)N1CCn2cccc2[C@H]1c1ccc(F)cc1F)C(=O)N(C)C. The van der Waals surface area contributed by atoms with E-state index >= 15 is 0 Å². The number of hydrogen-bond donors (Lipinski definition) is 0. The minimum absolute atomic E-state index is 0.104. The molecule has 0 saturated heterocycles. The second-order valence-corrected chi connectivity index (χ2v) is 6.97. The van der Waals surface area contributed by atoms with Gasteiger partial charge in [0.1, 0.15) is 24.2 Å². The standard InChI is InChI=1S/C20H24F2N4O2/c1-4-24(20(28)23(2)3)13-18(27)26-11-10-25-9-5-6-17(25)19(26)15-8-7-14(21)12-16(15)22/h5-9,12,19H,4,10-11,13H2,1-3H3/t19-/m1/s1. The monoisotopic (exact) mass is 390 g/mol. The van der Waals surface area contributed by atoms with Crippen LogP contribution < -0.4 is 0 Å². The van der Waals surface area contributed by atoms with Crippen LogP contribution >= 0.6 is 0 Å². The average Bonchev–Trinajstić information content (AvgIpc) is 3.13. The summed E-state index contributed by atoms with van der Waals surface area (Å²) in [6, 6.07) is 6.12. The highest BCUT2D eigenvalue weighted by Gasteiger charge is 2.34. The van der Waals surface area contributed by atoms with Gasteiger partial charge in [0.2, 0.25) is 5.91 Å². The molecule has 150 valence electrons. The number of carbonyl (C=O) groups is 2. The molecule has 3 rings (SSSR count). The number of hydrogen-bond acceptors (Lipinski definition) is 2. The molecule has 1 aromatic heterocycles. The molecule has 0 aliphatic carbocycles. The fraction of sp³-hybridized carbons (Fsp3) is 0.400. The van der Waals surface area contributed by atoms with E-state index in [1.165, 1.54) is 21.9 Å². The lowest BCUT2D eigenvalue weighted by molar-refractivity contribution is -0.134. The molecule has 8 heteroatoms. The fourth-order valence-corrected chi connectivity index (χ4v) is 3.55. The van der Waals surface area contributed by atoms with E-state index in [2.05, 4.69) is 0 Å². The number of fused-ring (bicyclic) bond motifs is 1. The largest absolute Gasteiger partial charge is 0.348 e. The van der Waals surface area contributed by atoms with Crippen LogP contribution in [0.5, 0.6) is 0 Å². The maximum Gasteiger partial charge on any atom is 0.319 e. The molecule has 0 bridgehead atoms. The van der Waals surface area contributed by atoms with Crippen molar-refractivity contribution in [2.45, 2.75) is 19.5 Å². The highest BCUT2D eigenvalue weighted by atomic mass is 19.1. The van der Waals surface area contributed by atoms with Crippen molar-refractivity contribution in [2.75, 3.05) is 33.7 Å². The third-order valence-corrected chi connectivity index (χ3v) is 4.98. The molecule has 0 spiro atoms. The molecule has 2 heterocycles. The molecule has 0 unspecified atom stereocenters. The van der Waals surface area contributed by atoms with Gasteiger partial charge in [-0.1, -0.05) is 6.07 Å². The van der Waals surface area contributed by atoms with Crippen molar-refractivity contribution in [3.8, 4) is 0 Å². The third kappa shape index (κ3) is 3.72. The van der Waals surface area contributed by atoms with Gasteiger partial charge in [0.25, 0.3) is 0 Å². The van der Waals surface area contributed by atoms with Crippen molar-refractivity contribution >= 4 is 11.9 Å². The summed E-state index contributed by atoms with van der Waals surface area (Å²) < 4.78 is 29.9. The van der Waals surface area contributed by atoms with Gasteiger partial charge < -0.3 is 19.3 Å². The summed E-state index contributed by atoms with van der Waals surface area (Å²) in [5.74, 6) is -1.65. The Labute approximate surface area is 162 Å². The molecule has 1 aromatic carbocycles. The Morgan fingerprint density at radius 3 is 2.57 bits per heavy atom. The van der Waals surface area contributed by atoms with Crippen molar-refractivity contribution < 1.29 is 18.4 Å². The van der Waals surface area contributed by atoms with Crippen LogP contribution in [0.2, 0.25) is 0 Å². The predicted octanol–water partition coefficient (Wildman–Crippen LogP) is 2.70. The van der Waals surface area contributed by atoms with E-state index in [4.69, 9.17) is 0 Å². The topological polar surface area (TPSA) is 48.8 Å². The lowest BCUT2D eigenvalue weighted by Gasteiger charge is -2.38. The average molecular weight is 390 g/mol. The van der Waals surface area contributed by atoms with Crippen LogP contribution in [-0.2, 0) is 11.3 Å². The summed E-state index contributed by atoms with van der Waals surface area (Å²) in [6.07, 6.45) is 1.87. The third-order valence-electron chi connectivity index (χ3n) is 4.98. The zero-order chi connectivity index (χ0) is 20.4. The van der Waals surface area contributed by atoms with Gasteiger partial charge in [0.05, 0.1) is 0 Å². The maximum absolute atomic E-state index is 14.6. The Morgan fingerprint density at radius 1 is 1.18 bits per heavy atom. The summed E-state index contributed by atoms with van der Waals surface area (Å²) in [7, 11) is 3.25. The molecule has 3 amide bonds. The molecule has 0 radical (unpaired) electrons. The Hall–Kier alpha value is -2.90. The number of aromatic nitrogens is 1. The van der Waals surface area contributed by atoms with E-state index < -0.39 is 17.7 Å². The Kier molecular flexibility index (Phi) is 5.67. The van der Waals surface area contributed by atoms with Gasteiger partial charge in [0.15, 0.2) is 0 Å². The molecular formula is C20H24F2N4O2. The highest BCUT2D eigenvalue weighted by molar-refractivity contribution is 5.84. The second kappa shape index (κ2) is 8.00. The first-order chi connectivity index (χ1) is 13.3. The Balaban J connectivity index is 1.94. The van der Waals surface area contributed by atoms with Crippen LogP contribution in [0.1, 0.15) is 24.2 Å². The van der Waals surface area contributed by atoms with Crippen LogP contribution in [-0.4, -0.2) is 64.9 Å². The molecule has 1 aliphatic heterocycles. The molecule has 2 aromatic rings. The zero-order valence-electron chi connectivity index (χ0n) is 16.2. The number of likely N-dealkylation sites (N-methyl/N-ethyl adjacent to an activating group) is 1. The molecule has 0 N–H and O–H groups in total. The van der Waals surface area contributed by atoms with Crippen LogP contribution in [0.3, 0.4) is 0 Å². The van der Waals surface area contributed by atoms with Gasteiger partial charge >= 0.3 is 6.03 Å². The molecule has 0 fully saturated rings. The minimum atomic E-state index is -0.700. The van der Waals surface area contributed by atoms with Crippen molar-refractivity contribution in [3.63, 3.8) is 0 Å². The van der Waals surface area contributed by atoms with Crippen molar-refractivity contribution in [1.82, 2.24) is 19.3 Å². The van der Waals surface area contributed by atoms with Gasteiger partial charge in [-0.2, -0.15) is 0 Å². The molecular weight excluding hydrogens is 366 g/mol. The van der Waals surface area contributed by atoms with E-state index in [0.29, 0.717) is 19.6 Å². The molecule has 1 aliphatic rings. The quantitative estimate of drug-likeness (QED) is 0.806. The van der Waals surface area contributed by atoms with Crippen LogP contribution in [0.4, 0.5) is 13.6 Å². The number of nitrogens with zero attached hydrogens (tertiary/aromatic N) is 4. The predicted molar refractivity (Wildman–Crippen MR) is 101 cm³/mol. The highest BCUT2D eigenvalue weighted by Crippen LogP contribution is 2.34. The lowest BCUT2D eigenvalue weighted by Crippen LogP contribution is -2.49. The smallest absolute Gasteiger partial charge is 0.319 e. The maximum atomic E-state index is 14.6. The summed E-state index contributed by atoms with van der Waals surface area (Å²) in [5, 5.41) is 0. The number of halogens is 2. The van der Waals surface area contributed by atoms with Crippen molar-refractivity contribution in [1.29, 1.82) is 0 Å². The van der Waals surface area contributed by atoms with Gasteiger partial charge in [-0.05, 0) is 25.1 Å².